The standard InChI is InChI=1S/C14H10BrFO/c1-7-5-10-9-3-4-12(16)8(2)13(9)17-14(10)11(15)6-7/h3-6H,1-2H3. The fourth-order valence-corrected chi connectivity index (χ4v) is 2.80. The van der Waals surface area contributed by atoms with Crippen LogP contribution in [-0.2, 0) is 0 Å². The Balaban J connectivity index is 2.59. The Kier molecular flexibility index (Phi) is 2.26. The van der Waals surface area contributed by atoms with Crippen LogP contribution in [0.1, 0.15) is 11.1 Å². The van der Waals surface area contributed by atoms with Gasteiger partial charge in [-0.1, -0.05) is 0 Å². The van der Waals surface area contributed by atoms with Gasteiger partial charge in [-0.3, -0.25) is 0 Å². The number of furan rings is 1. The molecule has 0 unspecified atom stereocenters. The van der Waals surface area contributed by atoms with Crippen LogP contribution >= 0.6 is 15.9 Å². The highest BCUT2D eigenvalue weighted by molar-refractivity contribution is 9.10. The maximum absolute atomic E-state index is 13.5. The number of benzene rings is 2. The fraction of sp³-hybridized carbons (Fsp3) is 0.143. The topological polar surface area (TPSA) is 13.1 Å². The monoisotopic (exact) mass is 292 g/mol. The third-order valence-electron chi connectivity index (χ3n) is 3.02. The normalized spacial score (nSPS) is 11.5. The Morgan fingerprint density at radius 2 is 1.82 bits per heavy atom. The van der Waals surface area contributed by atoms with Crippen LogP contribution in [0.2, 0.25) is 0 Å². The summed E-state index contributed by atoms with van der Waals surface area (Å²) >= 11 is 3.48. The zero-order valence-electron chi connectivity index (χ0n) is 9.47. The molecule has 0 N–H and O–H groups in total. The SMILES string of the molecule is Cc1cc(Br)c2oc3c(C)c(F)ccc3c2c1. The molecule has 1 heterocycles. The van der Waals surface area contributed by atoms with Gasteiger partial charge in [0.25, 0.3) is 0 Å². The van der Waals surface area contributed by atoms with E-state index in [4.69, 9.17) is 4.42 Å². The van der Waals surface area contributed by atoms with E-state index in [1.54, 1.807) is 13.0 Å². The van der Waals surface area contributed by atoms with Gasteiger partial charge in [-0.15, -0.1) is 0 Å². The summed E-state index contributed by atoms with van der Waals surface area (Å²) in [4.78, 5) is 0. The van der Waals surface area contributed by atoms with Crippen LogP contribution in [0.15, 0.2) is 33.2 Å². The molecule has 1 nitrogen and oxygen atoms in total. The number of aryl methyl sites for hydroxylation is 2. The van der Waals surface area contributed by atoms with E-state index < -0.39 is 0 Å². The van der Waals surface area contributed by atoms with Crippen molar-refractivity contribution in [3.8, 4) is 0 Å². The number of rotatable bonds is 0. The summed E-state index contributed by atoms with van der Waals surface area (Å²) in [5, 5.41) is 1.98. The van der Waals surface area contributed by atoms with Gasteiger partial charge >= 0.3 is 0 Å². The van der Waals surface area contributed by atoms with Gasteiger partial charge in [0, 0.05) is 16.3 Å². The fourth-order valence-electron chi connectivity index (χ4n) is 2.15. The summed E-state index contributed by atoms with van der Waals surface area (Å²) in [5.41, 5.74) is 3.11. The van der Waals surface area contributed by atoms with E-state index >= 15 is 0 Å². The minimum absolute atomic E-state index is 0.232. The second kappa shape index (κ2) is 3.57. The maximum atomic E-state index is 13.5. The average Bonchev–Trinajstić information content (AvgIpc) is 2.63. The highest BCUT2D eigenvalue weighted by atomic mass is 79.9. The molecule has 17 heavy (non-hydrogen) atoms. The third kappa shape index (κ3) is 1.49. The summed E-state index contributed by atoms with van der Waals surface area (Å²) in [6.07, 6.45) is 0. The van der Waals surface area contributed by atoms with Crippen molar-refractivity contribution in [2.75, 3.05) is 0 Å². The third-order valence-corrected chi connectivity index (χ3v) is 3.61. The molecule has 0 spiro atoms. The van der Waals surface area contributed by atoms with Gasteiger partial charge in [0.2, 0.25) is 0 Å². The van der Waals surface area contributed by atoms with Crippen LogP contribution in [0.5, 0.6) is 0 Å². The highest BCUT2D eigenvalue weighted by Gasteiger charge is 2.13. The molecule has 0 atom stereocenters. The Hall–Kier alpha value is -1.35. The van der Waals surface area contributed by atoms with Crippen molar-refractivity contribution in [1.29, 1.82) is 0 Å². The zero-order valence-corrected chi connectivity index (χ0v) is 11.1. The highest BCUT2D eigenvalue weighted by Crippen LogP contribution is 2.36. The molecule has 0 bridgehead atoms. The van der Waals surface area contributed by atoms with Gasteiger partial charge in [0.15, 0.2) is 0 Å². The predicted molar refractivity (Wildman–Crippen MR) is 70.9 cm³/mol. The summed E-state index contributed by atoms with van der Waals surface area (Å²) in [6, 6.07) is 7.32. The molecule has 0 aliphatic heterocycles. The van der Waals surface area contributed by atoms with Gasteiger partial charge in [-0.05, 0) is 59.6 Å². The van der Waals surface area contributed by atoms with E-state index in [-0.39, 0.29) is 5.82 Å². The number of hydrogen-bond acceptors (Lipinski definition) is 1. The first-order valence-corrected chi connectivity index (χ1v) is 6.14. The molecule has 0 radical (unpaired) electrons. The first-order chi connectivity index (χ1) is 8.08. The zero-order chi connectivity index (χ0) is 12.2. The van der Waals surface area contributed by atoms with Crippen LogP contribution in [0.3, 0.4) is 0 Å². The van der Waals surface area contributed by atoms with Gasteiger partial charge in [0.05, 0.1) is 4.47 Å². The largest absolute Gasteiger partial charge is 0.454 e. The van der Waals surface area contributed by atoms with Crippen LogP contribution in [0, 0.1) is 19.7 Å². The number of fused-ring (bicyclic) bond motifs is 3. The van der Waals surface area contributed by atoms with Crippen LogP contribution in [-0.4, -0.2) is 0 Å². The maximum Gasteiger partial charge on any atom is 0.149 e. The first-order valence-electron chi connectivity index (χ1n) is 5.35. The summed E-state index contributed by atoms with van der Waals surface area (Å²) in [7, 11) is 0. The lowest BCUT2D eigenvalue weighted by Crippen LogP contribution is -1.80. The van der Waals surface area contributed by atoms with E-state index in [9.17, 15) is 4.39 Å². The van der Waals surface area contributed by atoms with Gasteiger partial charge in [-0.2, -0.15) is 0 Å². The lowest BCUT2D eigenvalue weighted by Gasteiger charge is -1.96. The van der Waals surface area contributed by atoms with Crippen LogP contribution in [0.4, 0.5) is 4.39 Å². The van der Waals surface area contributed by atoms with E-state index in [1.165, 1.54) is 6.07 Å². The second-order valence-corrected chi connectivity index (χ2v) is 5.13. The Morgan fingerprint density at radius 3 is 2.59 bits per heavy atom. The molecule has 0 saturated heterocycles. The summed E-state index contributed by atoms with van der Waals surface area (Å²) in [5.74, 6) is -0.232. The summed E-state index contributed by atoms with van der Waals surface area (Å²) in [6.45, 7) is 3.76. The van der Waals surface area contributed by atoms with Gasteiger partial charge in [0.1, 0.15) is 17.0 Å². The second-order valence-electron chi connectivity index (χ2n) is 4.27. The molecule has 0 amide bonds. The van der Waals surface area contributed by atoms with E-state index in [0.29, 0.717) is 11.1 Å². The molecule has 0 aliphatic rings. The summed E-state index contributed by atoms with van der Waals surface area (Å²) < 4.78 is 20.2. The molecular weight excluding hydrogens is 283 g/mol. The smallest absolute Gasteiger partial charge is 0.149 e. The van der Waals surface area contributed by atoms with Crippen molar-refractivity contribution in [3.05, 3.63) is 45.7 Å². The van der Waals surface area contributed by atoms with Crippen molar-refractivity contribution in [3.63, 3.8) is 0 Å². The molecule has 2 aromatic carbocycles. The van der Waals surface area contributed by atoms with Crippen LogP contribution in [0.25, 0.3) is 21.9 Å². The van der Waals surface area contributed by atoms with E-state index in [0.717, 1.165) is 26.4 Å². The number of hydrogen-bond donors (Lipinski definition) is 0. The Labute approximate surface area is 106 Å². The van der Waals surface area contributed by atoms with Crippen molar-refractivity contribution in [2.45, 2.75) is 13.8 Å². The van der Waals surface area contributed by atoms with Crippen molar-refractivity contribution in [2.24, 2.45) is 0 Å². The lowest BCUT2D eigenvalue weighted by atomic mass is 10.1. The first kappa shape index (κ1) is 10.8. The lowest BCUT2D eigenvalue weighted by molar-refractivity contribution is 0.607. The minimum atomic E-state index is -0.232. The molecule has 86 valence electrons. The predicted octanol–water partition coefficient (Wildman–Crippen LogP) is 5.10. The van der Waals surface area contributed by atoms with E-state index in [2.05, 4.69) is 22.0 Å². The van der Waals surface area contributed by atoms with Crippen molar-refractivity contribution >= 4 is 37.9 Å². The molecule has 0 saturated carbocycles. The molecule has 0 fully saturated rings. The minimum Gasteiger partial charge on any atom is -0.454 e. The molecular formula is C14H10BrFO. The Morgan fingerprint density at radius 1 is 1.06 bits per heavy atom. The molecule has 3 aromatic rings. The van der Waals surface area contributed by atoms with Crippen molar-refractivity contribution in [1.82, 2.24) is 0 Å². The molecule has 3 rings (SSSR count). The molecule has 0 aliphatic carbocycles. The molecule has 1 aromatic heterocycles. The quantitative estimate of drug-likeness (QED) is 0.561. The molecule has 3 heteroatoms. The van der Waals surface area contributed by atoms with E-state index in [1.807, 2.05) is 13.0 Å². The van der Waals surface area contributed by atoms with Crippen LogP contribution < -0.4 is 0 Å². The van der Waals surface area contributed by atoms with Crippen molar-refractivity contribution < 1.29 is 8.81 Å². The Bertz CT molecular complexity index is 743. The number of halogens is 2. The average molecular weight is 293 g/mol. The van der Waals surface area contributed by atoms with Gasteiger partial charge in [-0.25, -0.2) is 4.39 Å². The van der Waals surface area contributed by atoms with Gasteiger partial charge < -0.3 is 4.42 Å².